The van der Waals surface area contributed by atoms with Crippen LogP contribution in [0.5, 0.6) is 0 Å². The lowest BCUT2D eigenvalue weighted by Crippen LogP contribution is -2.41. The standard InChI is InChI=1S/C7H16F3N3O3S/c8-7(9,10)6-13-17(14,15)12-3-1-4-16-5-2-11/h12-13H,1-6,11H2. The van der Waals surface area contributed by atoms with Crippen LogP contribution in [-0.4, -0.2) is 47.4 Å². The fraction of sp³-hybridized carbons (Fsp3) is 1.00. The van der Waals surface area contributed by atoms with E-state index in [1.54, 1.807) is 0 Å². The van der Waals surface area contributed by atoms with E-state index in [4.69, 9.17) is 10.5 Å². The van der Waals surface area contributed by atoms with Crippen molar-refractivity contribution in [2.24, 2.45) is 5.73 Å². The van der Waals surface area contributed by atoms with Crippen LogP contribution in [-0.2, 0) is 14.9 Å². The molecule has 0 fully saturated rings. The summed E-state index contributed by atoms with van der Waals surface area (Å²) in [5.41, 5.74) is 5.14. The van der Waals surface area contributed by atoms with Crippen LogP contribution in [0, 0.1) is 0 Å². The third-order valence-corrected chi connectivity index (χ3v) is 2.59. The van der Waals surface area contributed by atoms with Gasteiger partial charge in [0.2, 0.25) is 0 Å². The van der Waals surface area contributed by atoms with Crippen molar-refractivity contribution in [3.63, 3.8) is 0 Å². The van der Waals surface area contributed by atoms with E-state index < -0.39 is 22.9 Å². The molecule has 104 valence electrons. The highest BCUT2D eigenvalue weighted by Gasteiger charge is 2.29. The van der Waals surface area contributed by atoms with Crippen LogP contribution in [0.3, 0.4) is 0 Å². The minimum Gasteiger partial charge on any atom is -0.380 e. The average Bonchev–Trinajstić information content (AvgIpc) is 2.20. The largest absolute Gasteiger partial charge is 0.402 e. The quantitative estimate of drug-likeness (QED) is 0.488. The Labute approximate surface area is 97.9 Å². The molecular weight excluding hydrogens is 263 g/mol. The molecule has 0 unspecified atom stereocenters. The molecule has 10 heteroatoms. The molecule has 0 spiro atoms. The van der Waals surface area contributed by atoms with Gasteiger partial charge in [0.25, 0.3) is 10.2 Å². The fourth-order valence-electron chi connectivity index (χ4n) is 0.794. The van der Waals surface area contributed by atoms with Gasteiger partial charge in [-0.15, -0.1) is 0 Å². The van der Waals surface area contributed by atoms with Gasteiger partial charge in [-0.05, 0) is 6.42 Å². The molecule has 0 aromatic heterocycles. The van der Waals surface area contributed by atoms with Crippen LogP contribution in [0.15, 0.2) is 0 Å². The van der Waals surface area contributed by atoms with E-state index in [-0.39, 0.29) is 6.54 Å². The molecule has 0 radical (unpaired) electrons. The van der Waals surface area contributed by atoms with Crippen molar-refractivity contribution in [2.75, 3.05) is 32.8 Å². The van der Waals surface area contributed by atoms with Crippen molar-refractivity contribution in [3.05, 3.63) is 0 Å². The van der Waals surface area contributed by atoms with E-state index in [2.05, 4.69) is 0 Å². The third-order valence-electron chi connectivity index (χ3n) is 1.48. The smallest absolute Gasteiger partial charge is 0.380 e. The van der Waals surface area contributed by atoms with Crippen molar-refractivity contribution in [1.29, 1.82) is 0 Å². The van der Waals surface area contributed by atoms with Crippen molar-refractivity contribution >= 4 is 10.2 Å². The number of hydrogen-bond donors (Lipinski definition) is 3. The van der Waals surface area contributed by atoms with E-state index in [9.17, 15) is 21.6 Å². The van der Waals surface area contributed by atoms with Gasteiger partial charge in [-0.25, -0.2) is 4.72 Å². The molecule has 0 atom stereocenters. The summed E-state index contributed by atoms with van der Waals surface area (Å²) < 4.78 is 65.4. The lowest BCUT2D eigenvalue weighted by atomic mass is 10.5. The van der Waals surface area contributed by atoms with Gasteiger partial charge >= 0.3 is 6.18 Å². The summed E-state index contributed by atoms with van der Waals surface area (Å²) in [6.45, 7) is -0.583. The fourth-order valence-corrected chi connectivity index (χ4v) is 1.66. The van der Waals surface area contributed by atoms with Crippen LogP contribution in [0.4, 0.5) is 13.2 Å². The highest BCUT2D eigenvalue weighted by molar-refractivity contribution is 7.87. The second-order valence-corrected chi connectivity index (χ2v) is 4.67. The van der Waals surface area contributed by atoms with Gasteiger partial charge in [-0.3, -0.25) is 0 Å². The van der Waals surface area contributed by atoms with Crippen LogP contribution in [0.1, 0.15) is 6.42 Å². The zero-order chi connectivity index (χ0) is 13.4. The van der Waals surface area contributed by atoms with E-state index in [0.717, 1.165) is 0 Å². The molecule has 17 heavy (non-hydrogen) atoms. The molecule has 6 nitrogen and oxygen atoms in total. The minimum atomic E-state index is -4.57. The number of rotatable bonds is 9. The number of hydrogen-bond acceptors (Lipinski definition) is 4. The van der Waals surface area contributed by atoms with Crippen LogP contribution in [0.25, 0.3) is 0 Å². The summed E-state index contributed by atoms with van der Waals surface area (Å²) in [6.07, 6.45) is -4.22. The number of alkyl halides is 3. The predicted molar refractivity (Wildman–Crippen MR) is 55.5 cm³/mol. The van der Waals surface area contributed by atoms with E-state index in [1.165, 1.54) is 4.72 Å². The molecule has 0 saturated carbocycles. The molecule has 0 saturated heterocycles. The molecule has 0 rings (SSSR count). The molecule has 0 amide bonds. The number of nitrogens with one attached hydrogen (secondary N) is 2. The SMILES string of the molecule is NCCOCCCNS(=O)(=O)NCC(F)(F)F. The zero-order valence-corrected chi connectivity index (χ0v) is 9.90. The van der Waals surface area contributed by atoms with Crippen LogP contribution < -0.4 is 15.2 Å². The van der Waals surface area contributed by atoms with Gasteiger partial charge in [0.1, 0.15) is 6.54 Å². The molecule has 0 aromatic carbocycles. The number of ether oxygens (including phenoxy) is 1. The Bertz CT molecular complexity index is 294. The third kappa shape index (κ3) is 11.8. The Hall–Kier alpha value is -0.420. The number of nitrogens with two attached hydrogens (primary N) is 1. The first-order valence-corrected chi connectivity index (χ1v) is 6.34. The summed E-state index contributed by atoms with van der Waals surface area (Å²) in [7, 11) is -4.11. The summed E-state index contributed by atoms with van der Waals surface area (Å²) in [5, 5.41) is 0. The minimum absolute atomic E-state index is 0.00222. The maximum atomic E-state index is 11.7. The second kappa shape index (κ2) is 7.82. The molecule has 0 aliphatic carbocycles. The van der Waals surface area contributed by atoms with Gasteiger partial charge < -0.3 is 10.5 Å². The zero-order valence-electron chi connectivity index (χ0n) is 9.09. The van der Waals surface area contributed by atoms with E-state index in [1.807, 2.05) is 4.72 Å². The lowest BCUT2D eigenvalue weighted by molar-refractivity contribution is -0.121. The summed E-state index contributed by atoms with van der Waals surface area (Å²) >= 11 is 0. The summed E-state index contributed by atoms with van der Waals surface area (Å²) in [6, 6.07) is 0. The van der Waals surface area contributed by atoms with Crippen LogP contribution >= 0.6 is 0 Å². The molecule has 0 heterocycles. The first-order valence-electron chi connectivity index (χ1n) is 4.85. The van der Waals surface area contributed by atoms with Crippen molar-refractivity contribution in [3.8, 4) is 0 Å². The molecule has 0 bridgehead atoms. The topological polar surface area (TPSA) is 93.4 Å². The second-order valence-electron chi connectivity index (χ2n) is 3.09. The van der Waals surface area contributed by atoms with Gasteiger partial charge in [0.05, 0.1) is 6.61 Å². The Morgan fingerprint density at radius 3 is 2.35 bits per heavy atom. The van der Waals surface area contributed by atoms with Crippen molar-refractivity contribution in [1.82, 2.24) is 9.44 Å². The van der Waals surface area contributed by atoms with E-state index >= 15 is 0 Å². The molecule has 4 N–H and O–H groups in total. The van der Waals surface area contributed by atoms with Gasteiger partial charge in [-0.1, -0.05) is 0 Å². The molecular formula is C7H16F3N3O3S. The predicted octanol–water partition coefficient (Wildman–Crippen LogP) is -0.662. The molecule has 0 aliphatic rings. The maximum absolute atomic E-state index is 11.7. The monoisotopic (exact) mass is 279 g/mol. The van der Waals surface area contributed by atoms with Crippen molar-refractivity contribution in [2.45, 2.75) is 12.6 Å². The highest BCUT2D eigenvalue weighted by atomic mass is 32.2. The normalized spacial score (nSPS) is 12.9. The van der Waals surface area contributed by atoms with Crippen molar-refractivity contribution < 1.29 is 26.3 Å². The Balaban J connectivity index is 3.65. The maximum Gasteiger partial charge on any atom is 0.402 e. The summed E-state index contributed by atoms with van der Waals surface area (Å²) in [5.74, 6) is 0. The van der Waals surface area contributed by atoms with Crippen LogP contribution in [0.2, 0.25) is 0 Å². The molecule has 0 aliphatic heterocycles. The Morgan fingerprint density at radius 2 is 1.82 bits per heavy atom. The number of halogens is 3. The Morgan fingerprint density at radius 1 is 1.18 bits per heavy atom. The van der Waals surface area contributed by atoms with E-state index in [0.29, 0.717) is 26.2 Å². The van der Waals surface area contributed by atoms with Gasteiger partial charge in [-0.2, -0.15) is 26.3 Å². The first kappa shape index (κ1) is 16.6. The molecule has 0 aromatic rings. The highest BCUT2D eigenvalue weighted by Crippen LogP contribution is 2.12. The summed E-state index contributed by atoms with van der Waals surface area (Å²) in [4.78, 5) is 0. The average molecular weight is 279 g/mol. The van der Waals surface area contributed by atoms with Gasteiger partial charge in [0, 0.05) is 19.7 Å². The first-order chi connectivity index (χ1) is 7.77. The van der Waals surface area contributed by atoms with Gasteiger partial charge in [0.15, 0.2) is 0 Å². The lowest BCUT2D eigenvalue weighted by Gasteiger charge is -2.10. The Kier molecular flexibility index (Phi) is 7.63.